The molecular weight excluding hydrogens is 289 g/mol. The van der Waals surface area contributed by atoms with Gasteiger partial charge in [-0.3, -0.25) is 4.40 Å². The van der Waals surface area contributed by atoms with Crippen molar-refractivity contribution in [2.75, 3.05) is 12.4 Å². The van der Waals surface area contributed by atoms with E-state index in [9.17, 15) is 4.39 Å². The zero-order valence-corrected chi connectivity index (χ0v) is 12.9. The fourth-order valence-electron chi connectivity index (χ4n) is 2.31. The summed E-state index contributed by atoms with van der Waals surface area (Å²) < 4.78 is 20.5. The number of aromatic nitrogens is 2. The summed E-state index contributed by atoms with van der Waals surface area (Å²) in [7, 11) is 1.53. The normalized spacial score (nSPS) is 11.0. The maximum absolute atomic E-state index is 13.2. The largest absolute Gasteiger partial charge is 0.494 e. The summed E-state index contributed by atoms with van der Waals surface area (Å²) >= 11 is 1.67. The maximum Gasteiger partial charge on any atom is 0.194 e. The molecule has 0 spiro atoms. The van der Waals surface area contributed by atoms with Crippen LogP contribution in [0.2, 0.25) is 0 Å². The Morgan fingerprint density at radius 3 is 2.95 bits per heavy atom. The van der Waals surface area contributed by atoms with Crippen molar-refractivity contribution < 1.29 is 9.13 Å². The first kappa shape index (κ1) is 13.9. The molecule has 0 fully saturated rings. The molecule has 21 heavy (non-hydrogen) atoms. The van der Waals surface area contributed by atoms with Crippen LogP contribution in [0.15, 0.2) is 24.4 Å². The van der Waals surface area contributed by atoms with E-state index in [1.165, 1.54) is 24.1 Å². The first-order valence-corrected chi connectivity index (χ1v) is 7.41. The van der Waals surface area contributed by atoms with Gasteiger partial charge in [-0.2, -0.15) is 0 Å². The number of hydrogen-bond donors (Lipinski definition) is 1. The molecule has 0 saturated carbocycles. The Bertz CT molecular complexity index is 794. The molecule has 1 aromatic carbocycles. The molecule has 2 aromatic heterocycles. The van der Waals surface area contributed by atoms with Gasteiger partial charge < -0.3 is 10.1 Å². The predicted octanol–water partition coefficient (Wildman–Crippen LogP) is 3.77. The van der Waals surface area contributed by atoms with Crippen molar-refractivity contribution in [3.8, 4) is 5.75 Å². The molecule has 6 heteroatoms. The molecule has 0 aliphatic rings. The first-order valence-electron chi connectivity index (χ1n) is 6.60. The van der Waals surface area contributed by atoms with Crippen LogP contribution in [-0.4, -0.2) is 16.5 Å². The Balaban J connectivity index is 1.88. The van der Waals surface area contributed by atoms with Crippen molar-refractivity contribution in [1.29, 1.82) is 0 Å². The van der Waals surface area contributed by atoms with Gasteiger partial charge >= 0.3 is 0 Å². The standard InChI is InChI=1S/C15H16FN3OS/c1-9-8-19-13(10(2)18-15(19)21-9)7-17-12-5-4-11(16)6-14(12)20-3/h4-6,8,17H,7H2,1-3H3. The second kappa shape index (κ2) is 5.37. The molecule has 1 N–H and O–H groups in total. The number of imidazole rings is 1. The first-order chi connectivity index (χ1) is 10.1. The van der Waals surface area contributed by atoms with Crippen molar-refractivity contribution in [2.24, 2.45) is 0 Å². The van der Waals surface area contributed by atoms with E-state index >= 15 is 0 Å². The highest BCUT2D eigenvalue weighted by Crippen LogP contribution is 2.27. The molecule has 0 radical (unpaired) electrons. The molecule has 0 amide bonds. The van der Waals surface area contributed by atoms with Gasteiger partial charge in [-0.25, -0.2) is 9.37 Å². The Morgan fingerprint density at radius 2 is 2.19 bits per heavy atom. The molecule has 0 bridgehead atoms. The lowest BCUT2D eigenvalue weighted by atomic mass is 10.2. The molecule has 0 atom stereocenters. The van der Waals surface area contributed by atoms with Crippen LogP contribution in [0.1, 0.15) is 16.3 Å². The molecule has 3 aromatic rings. The van der Waals surface area contributed by atoms with Crippen LogP contribution in [-0.2, 0) is 6.54 Å². The summed E-state index contributed by atoms with van der Waals surface area (Å²) in [5.41, 5.74) is 2.86. The summed E-state index contributed by atoms with van der Waals surface area (Å²) in [6.45, 7) is 4.66. The Labute approximate surface area is 126 Å². The van der Waals surface area contributed by atoms with Gasteiger partial charge in [0.2, 0.25) is 0 Å². The van der Waals surface area contributed by atoms with Gasteiger partial charge in [-0.05, 0) is 26.0 Å². The zero-order valence-electron chi connectivity index (χ0n) is 12.1. The van der Waals surface area contributed by atoms with Crippen molar-refractivity contribution >= 4 is 22.0 Å². The summed E-state index contributed by atoms with van der Waals surface area (Å²) in [4.78, 5) is 6.77. The van der Waals surface area contributed by atoms with Crippen LogP contribution in [0.4, 0.5) is 10.1 Å². The van der Waals surface area contributed by atoms with Crippen molar-refractivity contribution in [3.05, 3.63) is 46.5 Å². The number of benzene rings is 1. The predicted molar refractivity (Wildman–Crippen MR) is 82.8 cm³/mol. The number of nitrogens with zero attached hydrogens (tertiary/aromatic N) is 2. The van der Waals surface area contributed by atoms with Gasteiger partial charge in [-0.1, -0.05) is 0 Å². The third-order valence-corrected chi connectivity index (χ3v) is 4.25. The number of fused-ring (bicyclic) bond motifs is 1. The lowest BCUT2D eigenvalue weighted by Gasteiger charge is -2.11. The van der Waals surface area contributed by atoms with Crippen molar-refractivity contribution in [3.63, 3.8) is 0 Å². The number of nitrogens with one attached hydrogen (secondary N) is 1. The average Bonchev–Trinajstić information content (AvgIpc) is 2.93. The van der Waals surface area contributed by atoms with E-state index in [1.807, 2.05) is 6.92 Å². The number of aryl methyl sites for hydroxylation is 2. The fourth-order valence-corrected chi connectivity index (χ4v) is 3.20. The van der Waals surface area contributed by atoms with Gasteiger partial charge in [0.1, 0.15) is 11.6 Å². The number of rotatable bonds is 4. The van der Waals surface area contributed by atoms with Crippen LogP contribution in [0.3, 0.4) is 0 Å². The Hall–Kier alpha value is -2.08. The zero-order chi connectivity index (χ0) is 15.0. The highest BCUT2D eigenvalue weighted by Gasteiger charge is 2.12. The molecular formula is C15H16FN3OS. The summed E-state index contributed by atoms with van der Waals surface area (Å²) in [5, 5.41) is 3.29. The SMILES string of the molecule is COc1cc(F)ccc1NCc1c(C)nc2sc(C)cn12. The topological polar surface area (TPSA) is 38.6 Å². The molecule has 3 rings (SSSR count). The molecule has 0 unspecified atom stereocenters. The lowest BCUT2D eigenvalue weighted by Crippen LogP contribution is -2.05. The molecule has 0 saturated heterocycles. The number of hydrogen-bond acceptors (Lipinski definition) is 4. The van der Waals surface area contributed by atoms with E-state index in [0.717, 1.165) is 22.0 Å². The quantitative estimate of drug-likeness (QED) is 0.797. The van der Waals surface area contributed by atoms with E-state index in [2.05, 4.69) is 27.8 Å². The minimum absolute atomic E-state index is 0.311. The van der Waals surface area contributed by atoms with Gasteiger partial charge in [0.25, 0.3) is 0 Å². The second-order valence-electron chi connectivity index (χ2n) is 4.84. The third-order valence-electron chi connectivity index (χ3n) is 3.35. The van der Waals surface area contributed by atoms with Gasteiger partial charge in [0, 0.05) is 17.1 Å². The highest BCUT2D eigenvalue weighted by molar-refractivity contribution is 7.17. The molecule has 4 nitrogen and oxygen atoms in total. The molecule has 0 aliphatic carbocycles. The van der Waals surface area contributed by atoms with Gasteiger partial charge in [0.15, 0.2) is 4.96 Å². The number of methoxy groups -OCH3 is 1. The minimum Gasteiger partial charge on any atom is -0.494 e. The Kier molecular flexibility index (Phi) is 3.55. The van der Waals surface area contributed by atoms with E-state index in [-0.39, 0.29) is 5.82 Å². The molecule has 110 valence electrons. The smallest absolute Gasteiger partial charge is 0.194 e. The monoisotopic (exact) mass is 305 g/mol. The van der Waals surface area contributed by atoms with E-state index in [0.29, 0.717) is 12.3 Å². The third kappa shape index (κ3) is 2.58. The summed E-state index contributed by atoms with van der Waals surface area (Å²) in [5.74, 6) is 0.184. The lowest BCUT2D eigenvalue weighted by molar-refractivity contribution is 0.413. The van der Waals surface area contributed by atoms with Crippen LogP contribution in [0.25, 0.3) is 4.96 Å². The molecule has 2 heterocycles. The number of ether oxygens (including phenoxy) is 1. The molecule has 0 aliphatic heterocycles. The summed E-state index contributed by atoms with van der Waals surface area (Å²) in [6, 6.07) is 4.47. The van der Waals surface area contributed by atoms with Gasteiger partial charge in [-0.15, -0.1) is 11.3 Å². The van der Waals surface area contributed by atoms with Crippen LogP contribution in [0.5, 0.6) is 5.75 Å². The average molecular weight is 305 g/mol. The fraction of sp³-hybridized carbons (Fsp3) is 0.267. The highest BCUT2D eigenvalue weighted by atomic mass is 32.1. The summed E-state index contributed by atoms with van der Waals surface area (Å²) in [6.07, 6.45) is 2.08. The Morgan fingerprint density at radius 1 is 1.38 bits per heavy atom. The van der Waals surface area contributed by atoms with E-state index in [1.54, 1.807) is 17.4 Å². The minimum atomic E-state index is -0.311. The van der Waals surface area contributed by atoms with Crippen molar-refractivity contribution in [1.82, 2.24) is 9.38 Å². The van der Waals surface area contributed by atoms with Crippen LogP contribution < -0.4 is 10.1 Å². The number of anilines is 1. The maximum atomic E-state index is 13.2. The second-order valence-corrected chi connectivity index (χ2v) is 6.05. The van der Waals surface area contributed by atoms with Crippen LogP contribution in [0, 0.1) is 19.7 Å². The van der Waals surface area contributed by atoms with E-state index < -0.39 is 0 Å². The van der Waals surface area contributed by atoms with Crippen LogP contribution >= 0.6 is 11.3 Å². The number of thiazole rings is 1. The number of halogens is 1. The van der Waals surface area contributed by atoms with Gasteiger partial charge in [0.05, 0.1) is 30.7 Å². The van der Waals surface area contributed by atoms with Crippen molar-refractivity contribution in [2.45, 2.75) is 20.4 Å². The van der Waals surface area contributed by atoms with E-state index in [4.69, 9.17) is 4.74 Å².